The number of nitrogens with zero attached hydrogens (tertiary/aromatic N) is 3. The molecule has 1 heterocycles. The van der Waals surface area contributed by atoms with Crippen LogP contribution in [-0.4, -0.2) is 93.3 Å². The SMILES string of the molecule is COC1CCCC1S(=O)(=O)N(C)C1CCCCC1N(C)C1CCN(C)CC1. The Kier molecular flexibility index (Phi) is 7.23. The van der Waals surface area contributed by atoms with E-state index in [-0.39, 0.29) is 17.4 Å². The van der Waals surface area contributed by atoms with Crippen molar-refractivity contribution in [1.82, 2.24) is 14.1 Å². The van der Waals surface area contributed by atoms with E-state index in [1.807, 2.05) is 7.05 Å². The first-order chi connectivity index (χ1) is 12.9. The highest BCUT2D eigenvalue weighted by molar-refractivity contribution is 7.89. The van der Waals surface area contributed by atoms with Gasteiger partial charge in [-0.3, -0.25) is 4.90 Å². The fourth-order valence-corrected chi connectivity index (χ4v) is 7.71. The van der Waals surface area contributed by atoms with Gasteiger partial charge >= 0.3 is 0 Å². The van der Waals surface area contributed by atoms with Crippen LogP contribution in [0.4, 0.5) is 0 Å². The van der Waals surface area contributed by atoms with E-state index in [0.29, 0.717) is 12.1 Å². The Bertz CT molecular complexity index is 577. The number of likely N-dealkylation sites (N-methyl/N-ethyl adjacent to an activating group) is 2. The van der Waals surface area contributed by atoms with E-state index in [9.17, 15) is 8.42 Å². The molecule has 0 spiro atoms. The second kappa shape index (κ2) is 9.08. The van der Waals surface area contributed by atoms with Crippen LogP contribution in [0.25, 0.3) is 0 Å². The molecule has 0 aromatic rings. The van der Waals surface area contributed by atoms with Gasteiger partial charge in [0.25, 0.3) is 0 Å². The Labute approximate surface area is 166 Å². The smallest absolute Gasteiger partial charge is 0.219 e. The molecule has 0 bridgehead atoms. The van der Waals surface area contributed by atoms with E-state index in [1.165, 1.54) is 19.3 Å². The highest BCUT2D eigenvalue weighted by atomic mass is 32.2. The van der Waals surface area contributed by atoms with Gasteiger partial charge in [-0.25, -0.2) is 12.7 Å². The summed E-state index contributed by atoms with van der Waals surface area (Å²) in [7, 11) is 4.56. The Hall–Kier alpha value is -0.210. The summed E-state index contributed by atoms with van der Waals surface area (Å²) in [5.74, 6) is 0. The molecule has 0 aromatic carbocycles. The Balaban J connectivity index is 1.74. The zero-order valence-electron chi connectivity index (χ0n) is 17.6. The molecule has 3 rings (SSSR count). The molecule has 1 saturated heterocycles. The molecule has 27 heavy (non-hydrogen) atoms. The van der Waals surface area contributed by atoms with Crippen molar-refractivity contribution in [3.8, 4) is 0 Å². The molecular formula is C20H39N3O3S. The van der Waals surface area contributed by atoms with E-state index in [4.69, 9.17) is 4.74 Å². The van der Waals surface area contributed by atoms with Crippen LogP contribution < -0.4 is 0 Å². The van der Waals surface area contributed by atoms with Crippen molar-refractivity contribution in [2.75, 3.05) is 41.3 Å². The van der Waals surface area contributed by atoms with Gasteiger partial charge in [-0.15, -0.1) is 0 Å². The van der Waals surface area contributed by atoms with Gasteiger partial charge in [0, 0.05) is 32.3 Å². The number of hydrogen-bond acceptors (Lipinski definition) is 5. The minimum absolute atomic E-state index is 0.0894. The van der Waals surface area contributed by atoms with Crippen LogP contribution in [0.5, 0.6) is 0 Å². The Morgan fingerprint density at radius 2 is 1.52 bits per heavy atom. The highest BCUT2D eigenvalue weighted by Gasteiger charge is 2.45. The molecule has 3 fully saturated rings. The molecule has 7 heteroatoms. The molecule has 6 nitrogen and oxygen atoms in total. The van der Waals surface area contributed by atoms with Crippen LogP contribution in [0.1, 0.15) is 57.8 Å². The molecule has 3 aliphatic rings. The monoisotopic (exact) mass is 401 g/mol. The number of rotatable bonds is 6. The predicted octanol–water partition coefficient (Wildman–Crippen LogP) is 2.15. The van der Waals surface area contributed by atoms with Crippen molar-refractivity contribution in [3.05, 3.63) is 0 Å². The Morgan fingerprint density at radius 1 is 0.889 bits per heavy atom. The molecule has 1 aliphatic heterocycles. The van der Waals surface area contributed by atoms with Crippen LogP contribution in [0.3, 0.4) is 0 Å². The lowest BCUT2D eigenvalue weighted by Crippen LogP contribution is -2.58. The number of methoxy groups -OCH3 is 1. The van der Waals surface area contributed by atoms with E-state index in [0.717, 1.165) is 51.6 Å². The third-order valence-corrected chi connectivity index (χ3v) is 9.80. The van der Waals surface area contributed by atoms with Crippen LogP contribution in [0.2, 0.25) is 0 Å². The molecular weight excluding hydrogens is 362 g/mol. The fraction of sp³-hybridized carbons (Fsp3) is 1.00. The standard InChI is InChI=1S/C20H39N3O3S/c1-21-14-12-16(13-15-21)22(2)17-8-5-6-9-18(17)23(3)27(24,25)20-11-7-10-19(20)26-4/h16-20H,5-15H2,1-4H3. The summed E-state index contributed by atoms with van der Waals surface area (Å²) in [6.07, 6.45) is 9.16. The van der Waals surface area contributed by atoms with Gasteiger partial charge in [0.1, 0.15) is 5.25 Å². The lowest BCUT2D eigenvalue weighted by molar-refractivity contribution is 0.0521. The number of ether oxygens (including phenoxy) is 1. The normalized spacial score (nSPS) is 34.6. The predicted molar refractivity (Wildman–Crippen MR) is 109 cm³/mol. The summed E-state index contributed by atoms with van der Waals surface area (Å²) in [4.78, 5) is 4.91. The third kappa shape index (κ3) is 4.53. The van der Waals surface area contributed by atoms with Crippen molar-refractivity contribution >= 4 is 10.0 Å². The third-order valence-electron chi connectivity index (χ3n) is 7.43. The summed E-state index contributed by atoms with van der Waals surface area (Å²) in [6.45, 7) is 2.27. The van der Waals surface area contributed by atoms with Crippen molar-refractivity contribution in [2.45, 2.75) is 87.3 Å². The summed E-state index contributed by atoms with van der Waals surface area (Å²) >= 11 is 0. The molecule has 2 saturated carbocycles. The molecule has 4 unspecified atom stereocenters. The van der Waals surface area contributed by atoms with Crippen molar-refractivity contribution < 1.29 is 13.2 Å². The molecule has 2 aliphatic carbocycles. The van der Waals surface area contributed by atoms with Crippen LogP contribution in [-0.2, 0) is 14.8 Å². The molecule has 0 amide bonds. The van der Waals surface area contributed by atoms with Crippen LogP contribution in [0, 0.1) is 0 Å². The maximum absolute atomic E-state index is 13.4. The number of hydrogen-bond donors (Lipinski definition) is 0. The van der Waals surface area contributed by atoms with Gasteiger partial charge in [-0.1, -0.05) is 12.8 Å². The molecule has 0 N–H and O–H groups in total. The second-order valence-corrected chi connectivity index (χ2v) is 11.1. The van der Waals surface area contributed by atoms with E-state index in [1.54, 1.807) is 11.4 Å². The van der Waals surface area contributed by atoms with Gasteiger partial charge in [0.2, 0.25) is 10.0 Å². The summed E-state index contributed by atoms with van der Waals surface area (Å²) in [6, 6.07) is 0.988. The zero-order valence-corrected chi connectivity index (χ0v) is 18.5. The number of sulfonamides is 1. The fourth-order valence-electron chi connectivity index (χ4n) is 5.57. The van der Waals surface area contributed by atoms with E-state index < -0.39 is 10.0 Å². The average Bonchev–Trinajstić information content (AvgIpc) is 3.17. The Morgan fingerprint density at radius 3 is 2.15 bits per heavy atom. The first-order valence-corrected chi connectivity index (χ1v) is 12.3. The zero-order chi connectivity index (χ0) is 19.6. The van der Waals surface area contributed by atoms with Gasteiger partial charge < -0.3 is 9.64 Å². The van der Waals surface area contributed by atoms with Crippen molar-refractivity contribution in [2.24, 2.45) is 0 Å². The van der Waals surface area contributed by atoms with Gasteiger partial charge in [-0.05, 0) is 72.1 Å². The van der Waals surface area contributed by atoms with Crippen molar-refractivity contribution in [1.29, 1.82) is 0 Å². The molecule has 0 aromatic heterocycles. The highest BCUT2D eigenvalue weighted by Crippen LogP contribution is 2.35. The maximum Gasteiger partial charge on any atom is 0.219 e. The van der Waals surface area contributed by atoms with Gasteiger partial charge in [0.15, 0.2) is 0 Å². The van der Waals surface area contributed by atoms with Crippen LogP contribution >= 0.6 is 0 Å². The van der Waals surface area contributed by atoms with E-state index in [2.05, 4.69) is 23.9 Å². The summed E-state index contributed by atoms with van der Waals surface area (Å²) < 4.78 is 34.1. The minimum Gasteiger partial charge on any atom is -0.380 e. The maximum atomic E-state index is 13.4. The molecule has 158 valence electrons. The summed E-state index contributed by atoms with van der Waals surface area (Å²) in [5, 5.41) is -0.372. The lowest BCUT2D eigenvalue weighted by atomic mass is 9.87. The van der Waals surface area contributed by atoms with E-state index >= 15 is 0 Å². The van der Waals surface area contributed by atoms with Crippen molar-refractivity contribution in [3.63, 3.8) is 0 Å². The largest absolute Gasteiger partial charge is 0.380 e. The molecule has 4 atom stereocenters. The van der Waals surface area contributed by atoms with Gasteiger partial charge in [0.05, 0.1) is 6.10 Å². The van der Waals surface area contributed by atoms with Crippen LogP contribution in [0.15, 0.2) is 0 Å². The first-order valence-electron chi connectivity index (χ1n) is 10.8. The van der Waals surface area contributed by atoms with Gasteiger partial charge in [-0.2, -0.15) is 0 Å². The molecule has 0 radical (unpaired) electrons. The topological polar surface area (TPSA) is 53.1 Å². The minimum atomic E-state index is -3.33. The first kappa shape index (κ1) is 21.5. The second-order valence-electron chi connectivity index (χ2n) is 8.92. The number of likely N-dealkylation sites (tertiary alicyclic amines) is 1. The quantitative estimate of drug-likeness (QED) is 0.683. The average molecular weight is 402 g/mol. The lowest BCUT2D eigenvalue weighted by Gasteiger charge is -2.47. The number of piperidine rings is 1. The summed E-state index contributed by atoms with van der Waals surface area (Å²) in [5.41, 5.74) is 0.